The number of anilines is 3. The van der Waals surface area contributed by atoms with Crippen molar-refractivity contribution in [1.29, 1.82) is 0 Å². The van der Waals surface area contributed by atoms with E-state index in [2.05, 4.69) is 157 Å². The highest BCUT2D eigenvalue weighted by Crippen LogP contribution is 2.50. The Morgan fingerprint density at radius 3 is 1.86 bits per heavy atom. The second-order valence-corrected chi connectivity index (χ2v) is 13.0. The highest BCUT2D eigenvalue weighted by Gasteiger charge is 2.21. The lowest BCUT2D eigenvalue weighted by Gasteiger charge is -2.26. The zero-order chi connectivity index (χ0) is 28.3. The standard InChI is InChI=1S/C40H25NS2/c1-3-10-26(11-4-1)27-18-21-30(22-19-27)41(29-13-5-2-6-14-29)34-16-9-17-35-37(34)38-36(42-35)25-24-33-32-23-20-28-12-7-8-15-31(28)39(32)43-40(33)38/h1-25H. The number of thiophene rings is 2. The van der Waals surface area contributed by atoms with Crippen LogP contribution in [-0.4, -0.2) is 0 Å². The topological polar surface area (TPSA) is 3.24 Å². The van der Waals surface area contributed by atoms with E-state index in [4.69, 9.17) is 0 Å². The van der Waals surface area contributed by atoms with Crippen molar-refractivity contribution in [2.24, 2.45) is 0 Å². The maximum absolute atomic E-state index is 2.42. The van der Waals surface area contributed by atoms with Crippen molar-refractivity contribution in [2.75, 3.05) is 4.90 Å². The second-order valence-electron chi connectivity index (χ2n) is 10.9. The minimum absolute atomic E-state index is 1.15. The molecule has 0 bridgehead atoms. The lowest BCUT2D eigenvalue weighted by atomic mass is 10.0. The highest BCUT2D eigenvalue weighted by molar-refractivity contribution is 7.30. The van der Waals surface area contributed by atoms with Crippen molar-refractivity contribution < 1.29 is 0 Å². The zero-order valence-corrected chi connectivity index (χ0v) is 24.8. The molecule has 2 heterocycles. The average molecular weight is 584 g/mol. The number of fused-ring (bicyclic) bond motifs is 9. The van der Waals surface area contributed by atoms with Crippen LogP contribution in [0.2, 0.25) is 0 Å². The number of hydrogen-bond donors (Lipinski definition) is 0. The smallest absolute Gasteiger partial charge is 0.0555 e. The molecule has 0 aliphatic heterocycles. The lowest BCUT2D eigenvalue weighted by molar-refractivity contribution is 1.30. The van der Waals surface area contributed by atoms with Gasteiger partial charge < -0.3 is 4.90 Å². The summed E-state index contributed by atoms with van der Waals surface area (Å²) in [6.07, 6.45) is 0. The third-order valence-corrected chi connectivity index (χ3v) is 10.8. The largest absolute Gasteiger partial charge is 0.310 e. The number of rotatable bonds is 4. The molecule has 0 saturated heterocycles. The van der Waals surface area contributed by atoms with Crippen molar-refractivity contribution in [3.63, 3.8) is 0 Å². The Labute approximate surface area is 257 Å². The fraction of sp³-hybridized carbons (Fsp3) is 0. The van der Waals surface area contributed by atoms with Crippen LogP contribution < -0.4 is 4.90 Å². The molecule has 0 N–H and O–H groups in total. The van der Waals surface area contributed by atoms with Crippen LogP contribution in [0.25, 0.3) is 62.2 Å². The van der Waals surface area contributed by atoms with Crippen LogP contribution in [-0.2, 0) is 0 Å². The van der Waals surface area contributed by atoms with Crippen molar-refractivity contribution in [2.45, 2.75) is 0 Å². The SMILES string of the molecule is c1ccc(-c2ccc(N(c3ccccc3)c3cccc4sc5ccc6c7ccc8ccccc8c7sc6c5c34)cc2)cc1. The molecule has 0 unspecified atom stereocenters. The molecule has 9 rings (SSSR count). The Kier molecular flexibility index (Phi) is 5.62. The van der Waals surface area contributed by atoms with Gasteiger partial charge in [-0.05, 0) is 64.4 Å². The molecule has 0 spiro atoms. The van der Waals surface area contributed by atoms with Crippen LogP contribution in [0.1, 0.15) is 0 Å². The Balaban J connectivity index is 1.33. The van der Waals surface area contributed by atoms with Gasteiger partial charge in [-0.25, -0.2) is 0 Å². The van der Waals surface area contributed by atoms with Crippen LogP contribution in [0.4, 0.5) is 17.1 Å². The molecule has 2 aromatic heterocycles. The first-order valence-electron chi connectivity index (χ1n) is 14.5. The Bertz CT molecular complexity index is 2440. The van der Waals surface area contributed by atoms with Crippen LogP contribution in [0, 0.1) is 0 Å². The number of hydrogen-bond acceptors (Lipinski definition) is 3. The molecular weight excluding hydrogens is 559 g/mol. The van der Waals surface area contributed by atoms with E-state index in [9.17, 15) is 0 Å². The second kappa shape index (κ2) is 9.81. The predicted octanol–water partition coefficient (Wildman–Crippen LogP) is 12.7. The lowest BCUT2D eigenvalue weighted by Crippen LogP contribution is -2.10. The zero-order valence-electron chi connectivity index (χ0n) is 23.2. The third-order valence-electron chi connectivity index (χ3n) is 8.46. The van der Waals surface area contributed by atoms with Gasteiger partial charge >= 0.3 is 0 Å². The van der Waals surface area contributed by atoms with Crippen LogP contribution in [0.15, 0.2) is 152 Å². The number of para-hydroxylation sites is 1. The summed E-state index contributed by atoms with van der Waals surface area (Å²) >= 11 is 3.83. The summed E-state index contributed by atoms with van der Waals surface area (Å²) in [7, 11) is 0. The fourth-order valence-corrected chi connectivity index (χ4v) is 9.06. The number of nitrogens with zero attached hydrogens (tertiary/aromatic N) is 1. The summed E-state index contributed by atoms with van der Waals surface area (Å²) in [6, 6.07) is 55.1. The summed E-state index contributed by atoms with van der Waals surface area (Å²) in [4.78, 5) is 2.42. The molecule has 0 radical (unpaired) electrons. The van der Waals surface area contributed by atoms with Gasteiger partial charge in [0, 0.05) is 51.7 Å². The molecule has 0 atom stereocenters. The van der Waals surface area contributed by atoms with Gasteiger partial charge in [-0.3, -0.25) is 0 Å². The molecule has 9 aromatic rings. The summed E-state index contributed by atoms with van der Waals surface area (Å²) in [6.45, 7) is 0. The first-order chi connectivity index (χ1) is 21.3. The van der Waals surface area contributed by atoms with Crippen LogP contribution in [0.5, 0.6) is 0 Å². The van der Waals surface area contributed by atoms with Crippen molar-refractivity contribution in [3.8, 4) is 11.1 Å². The normalized spacial score (nSPS) is 11.7. The molecule has 0 fully saturated rings. The van der Waals surface area contributed by atoms with Gasteiger partial charge in [-0.15, -0.1) is 22.7 Å². The quantitative estimate of drug-likeness (QED) is 0.199. The maximum atomic E-state index is 2.42. The van der Waals surface area contributed by atoms with Gasteiger partial charge in [0.25, 0.3) is 0 Å². The molecule has 43 heavy (non-hydrogen) atoms. The summed E-state index contributed by atoms with van der Waals surface area (Å²) in [5.41, 5.74) is 5.95. The van der Waals surface area contributed by atoms with Crippen molar-refractivity contribution >= 4 is 90.9 Å². The molecule has 0 aliphatic carbocycles. The monoisotopic (exact) mass is 583 g/mol. The average Bonchev–Trinajstić information content (AvgIpc) is 3.65. The van der Waals surface area contributed by atoms with E-state index in [1.54, 1.807) is 0 Å². The van der Waals surface area contributed by atoms with Crippen molar-refractivity contribution in [1.82, 2.24) is 0 Å². The van der Waals surface area contributed by atoms with E-state index in [1.807, 2.05) is 22.7 Å². The van der Waals surface area contributed by atoms with Gasteiger partial charge in [0.05, 0.1) is 5.69 Å². The third kappa shape index (κ3) is 3.90. The van der Waals surface area contributed by atoms with Crippen LogP contribution >= 0.6 is 22.7 Å². The first kappa shape index (κ1) is 24.6. The van der Waals surface area contributed by atoms with E-state index in [-0.39, 0.29) is 0 Å². The molecule has 0 amide bonds. The van der Waals surface area contributed by atoms with E-state index in [0.717, 1.165) is 11.4 Å². The molecule has 7 aromatic carbocycles. The Hall–Kier alpha value is -4.96. The van der Waals surface area contributed by atoms with Gasteiger partial charge in [-0.1, -0.05) is 109 Å². The summed E-state index contributed by atoms with van der Waals surface area (Å²) < 4.78 is 5.38. The van der Waals surface area contributed by atoms with Gasteiger partial charge in [0.1, 0.15) is 0 Å². The minimum atomic E-state index is 1.15. The first-order valence-corrected chi connectivity index (χ1v) is 16.2. The van der Waals surface area contributed by atoms with E-state index < -0.39 is 0 Å². The van der Waals surface area contributed by atoms with E-state index >= 15 is 0 Å². The molecule has 1 nitrogen and oxygen atoms in total. The Morgan fingerprint density at radius 1 is 0.372 bits per heavy atom. The summed E-state index contributed by atoms with van der Waals surface area (Å²) in [5, 5.41) is 7.99. The van der Waals surface area contributed by atoms with Gasteiger partial charge in [0.15, 0.2) is 0 Å². The van der Waals surface area contributed by atoms with E-state index in [0.29, 0.717) is 0 Å². The van der Waals surface area contributed by atoms with Crippen LogP contribution in [0.3, 0.4) is 0 Å². The van der Waals surface area contributed by atoms with E-state index in [1.165, 1.54) is 67.9 Å². The predicted molar refractivity (Wildman–Crippen MR) is 190 cm³/mol. The molecule has 3 heteroatoms. The summed E-state index contributed by atoms with van der Waals surface area (Å²) in [5.74, 6) is 0. The van der Waals surface area contributed by atoms with Gasteiger partial charge in [0.2, 0.25) is 0 Å². The number of benzene rings is 7. The van der Waals surface area contributed by atoms with Crippen molar-refractivity contribution in [3.05, 3.63) is 152 Å². The maximum Gasteiger partial charge on any atom is 0.0555 e. The molecule has 0 saturated carbocycles. The highest BCUT2D eigenvalue weighted by atomic mass is 32.1. The minimum Gasteiger partial charge on any atom is -0.310 e. The fourth-order valence-electron chi connectivity index (χ4n) is 6.47. The van der Waals surface area contributed by atoms with Gasteiger partial charge in [-0.2, -0.15) is 0 Å². The Morgan fingerprint density at radius 2 is 1.02 bits per heavy atom. The molecule has 0 aliphatic rings. The molecule has 202 valence electrons. The molecular formula is C40H25NS2.